The van der Waals surface area contributed by atoms with Crippen LogP contribution in [-0.2, 0) is 0 Å². The van der Waals surface area contributed by atoms with Crippen molar-refractivity contribution in [1.29, 1.82) is 5.26 Å². The van der Waals surface area contributed by atoms with E-state index in [1.807, 2.05) is 72.4 Å². The first-order chi connectivity index (χ1) is 12.6. The standard InChI is InChI=1S/C20H23N5O/c1-23(2)18-9-7-17(8-10-18)22-20(26)25-13-11-24(12-14-25)19-6-4-3-5-16(19)15-21/h3-10H,11-14H2,1-2H3,(H,22,26). The molecule has 2 aromatic carbocycles. The Labute approximate surface area is 154 Å². The number of nitrogens with zero attached hydrogens (tertiary/aromatic N) is 4. The summed E-state index contributed by atoms with van der Waals surface area (Å²) < 4.78 is 0. The van der Waals surface area contributed by atoms with Crippen molar-refractivity contribution < 1.29 is 4.79 Å². The molecule has 0 bridgehead atoms. The summed E-state index contributed by atoms with van der Waals surface area (Å²) in [4.78, 5) is 18.5. The molecule has 0 spiro atoms. The highest BCUT2D eigenvalue weighted by Gasteiger charge is 2.22. The van der Waals surface area contributed by atoms with Crippen LogP contribution in [0.1, 0.15) is 5.56 Å². The van der Waals surface area contributed by atoms with E-state index in [1.54, 1.807) is 0 Å². The highest BCUT2D eigenvalue weighted by atomic mass is 16.2. The Bertz CT molecular complexity index is 802. The molecule has 1 saturated heterocycles. The number of anilines is 3. The number of benzene rings is 2. The number of amides is 2. The van der Waals surface area contributed by atoms with E-state index < -0.39 is 0 Å². The van der Waals surface area contributed by atoms with Gasteiger partial charge in [0, 0.05) is 51.6 Å². The van der Waals surface area contributed by atoms with Crippen LogP contribution < -0.4 is 15.1 Å². The second-order valence-electron chi connectivity index (χ2n) is 6.47. The summed E-state index contributed by atoms with van der Waals surface area (Å²) in [5, 5.41) is 12.2. The third-order valence-corrected chi connectivity index (χ3v) is 4.57. The topological polar surface area (TPSA) is 62.6 Å². The molecule has 3 rings (SSSR count). The highest BCUT2D eigenvalue weighted by molar-refractivity contribution is 5.89. The van der Waals surface area contributed by atoms with E-state index in [2.05, 4.69) is 16.3 Å². The van der Waals surface area contributed by atoms with E-state index in [1.165, 1.54) is 0 Å². The first-order valence-corrected chi connectivity index (χ1v) is 8.66. The van der Waals surface area contributed by atoms with Gasteiger partial charge in [-0.25, -0.2) is 4.79 Å². The molecule has 0 aromatic heterocycles. The maximum Gasteiger partial charge on any atom is 0.321 e. The number of carbonyl (C=O) groups is 1. The van der Waals surface area contributed by atoms with Crippen LogP contribution in [-0.4, -0.2) is 51.2 Å². The second-order valence-corrected chi connectivity index (χ2v) is 6.47. The molecule has 1 fully saturated rings. The first kappa shape index (κ1) is 17.6. The number of para-hydroxylation sites is 1. The smallest absolute Gasteiger partial charge is 0.321 e. The van der Waals surface area contributed by atoms with Gasteiger partial charge in [0.25, 0.3) is 0 Å². The first-order valence-electron chi connectivity index (χ1n) is 8.66. The number of hydrogen-bond donors (Lipinski definition) is 1. The number of carbonyl (C=O) groups excluding carboxylic acids is 1. The van der Waals surface area contributed by atoms with Crippen molar-refractivity contribution in [2.75, 3.05) is 55.4 Å². The van der Waals surface area contributed by atoms with Crippen molar-refractivity contribution in [3.63, 3.8) is 0 Å². The minimum absolute atomic E-state index is 0.0872. The number of urea groups is 1. The van der Waals surface area contributed by atoms with Gasteiger partial charge in [-0.2, -0.15) is 5.26 Å². The maximum absolute atomic E-state index is 12.5. The Morgan fingerprint density at radius 1 is 1.04 bits per heavy atom. The van der Waals surface area contributed by atoms with E-state index in [0.29, 0.717) is 31.7 Å². The summed E-state index contributed by atoms with van der Waals surface area (Å²) in [5.74, 6) is 0. The van der Waals surface area contributed by atoms with Crippen molar-refractivity contribution in [2.24, 2.45) is 0 Å². The monoisotopic (exact) mass is 349 g/mol. The van der Waals surface area contributed by atoms with E-state index in [4.69, 9.17) is 0 Å². The van der Waals surface area contributed by atoms with Gasteiger partial charge in [0.15, 0.2) is 0 Å². The van der Waals surface area contributed by atoms with Crippen LogP contribution >= 0.6 is 0 Å². The van der Waals surface area contributed by atoms with E-state index in [-0.39, 0.29) is 6.03 Å². The molecule has 1 heterocycles. The van der Waals surface area contributed by atoms with Crippen LogP contribution in [0.4, 0.5) is 21.9 Å². The predicted octanol–water partition coefficient (Wildman–Crippen LogP) is 2.98. The molecule has 0 saturated carbocycles. The summed E-state index contributed by atoms with van der Waals surface area (Å²) in [6.07, 6.45) is 0. The number of nitrogens with one attached hydrogen (secondary N) is 1. The Kier molecular flexibility index (Phi) is 5.28. The third kappa shape index (κ3) is 3.89. The fourth-order valence-electron chi connectivity index (χ4n) is 3.04. The van der Waals surface area contributed by atoms with Crippen LogP contribution in [0.5, 0.6) is 0 Å². The van der Waals surface area contributed by atoms with Crippen molar-refractivity contribution in [2.45, 2.75) is 0 Å². The van der Waals surface area contributed by atoms with Gasteiger partial charge in [-0.1, -0.05) is 12.1 Å². The molecular formula is C20H23N5O. The zero-order valence-corrected chi connectivity index (χ0v) is 15.1. The van der Waals surface area contributed by atoms with Crippen molar-refractivity contribution in [3.8, 4) is 6.07 Å². The van der Waals surface area contributed by atoms with Gasteiger partial charge in [0.1, 0.15) is 6.07 Å². The van der Waals surface area contributed by atoms with Gasteiger partial charge in [0.2, 0.25) is 0 Å². The number of rotatable bonds is 3. The van der Waals surface area contributed by atoms with Crippen LogP contribution in [0.25, 0.3) is 0 Å². The molecule has 1 aliphatic heterocycles. The van der Waals surface area contributed by atoms with Crippen molar-refractivity contribution in [1.82, 2.24) is 4.90 Å². The Morgan fingerprint density at radius 2 is 1.69 bits per heavy atom. The fraction of sp³-hybridized carbons (Fsp3) is 0.300. The Morgan fingerprint density at radius 3 is 2.31 bits per heavy atom. The van der Waals surface area contributed by atoms with Crippen LogP contribution in [0.3, 0.4) is 0 Å². The lowest BCUT2D eigenvalue weighted by Crippen LogP contribution is -2.50. The lowest BCUT2D eigenvalue weighted by atomic mass is 10.1. The molecule has 1 aliphatic rings. The van der Waals surface area contributed by atoms with Crippen LogP contribution in [0.15, 0.2) is 48.5 Å². The highest BCUT2D eigenvalue weighted by Crippen LogP contribution is 2.21. The number of piperazine rings is 1. The quantitative estimate of drug-likeness (QED) is 0.925. The molecule has 0 atom stereocenters. The Balaban J connectivity index is 1.57. The van der Waals surface area contributed by atoms with E-state index >= 15 is 0 Å². The van der Waals surface area contributed by atoms with E-state index in [9.17, 15) is 10.1 Å². The molecule has 26 heavy (non-hydrogen) atoms. The van der Waals surface area contributed by atoms with Crippen molar-refractivity contribution >= 4 is 23.1 Å². The second kappa shape index (κ2) is 7.79. The summed E-state index contributed by atoms with van der Waals surface area (Å²) in [6, 6.07) is 17.5. The van der Waals surface area contributed by atoms with Crippen molar-refractivity contribution in [3.05, 3.63) is 54.1 Å². The molecule has 0 radical (unpaired) electrons. The van der Waals surface area contributed by atoms with Gasteiger partial charge in [0.05, 0.1) is 11.3 Å². The average Bonchev–Trinajstić information content (AvgIpc) is 2.68. The van der Waals surface area contributed by atoms with Crippen LogP contribution in [0, 0.1) is 11.3 Å². The molecule has 2 aromatic rings. The lowest BCUT2D eigenvalue weighted by Gasteiger charge is -2.36. The van der Waals surface area contributed by atoms with Crippen LogP contribution in [0.2, 0.25) is 0 Å². The van der Waals surface area contributed by atoms with Gasteiger partial charge in [-0.15, -0.1) is 0 Å². The average molecular weight is 349 g/mol. The fourth-order valence-corrected chi connectivity index (χ4v) is 3.04. The van der Waals surface area contributed by atoms with Gasteiger partial charge < -0.3 is 20.0 Å². The molecule has 6 nitrogen and oxygen atoms in total. The Hall–Kier alpha value is -3.20. The summed E-state index contributed by atoms with van der Waals surface area (Å²) in [6.45, 7) is 2.68. The zero-order valence-electron chi connectivity index (χ0n) is 15.1. The number of nitriles is 1. The summed E-state index contributed by atoms with van der Waals surface area (Å²) in [7, 11) is 3.97. The van der Waals surface area contributed by atoms with Gasteiger partial charge in [-0.3, -0.25) is 0 Å². The minimum Gasteiger partial charge on any atom is -0.378 e. The third-order valence-electron chi connectivity index (χ3n) is 4.57. The molecule has 134 valence electrons. The SMILES string of the molecule is CN(C)c1ccc(NC(=O)N2CCN(c3ccccc3C#N)CC2)cc1. The van der Waals surface area contributed by atoms with E-state index in [0.717, 1.165) is 17.1 Å². The summed E-state index contributed by atoms with van der Waals surface area (Å²) in [5.41, 5.74) is 3.49. The van der Waals surface area contributed by atoms with Gasteiger partial charge in [-0.05, 0) is 36.4 Å². The minimum atomic E-state index is -0.0872. The normalized spacial score (nSPS) is 13.9. The molecule has 0 aliphatic carbocycles. The predicted molar refractivity (Wildman–Crippen MR) is 105 cm³/mol. The summed E-state index contributed by atoms with van der Waals surface area (Å²) >= 11 is 0. The molecule has 0 unspecified atom stereocenters. The molecular weight excluding hydrogens is 326 g/mol. The maximum atomic E-state index is 12.5. The number of hydrogen-bond acceptors (Lipinski definition) is 4. The zero-order chi connectivity index (χ0) is 18.5. The molecule has 6 heteroatoms. The molecule has 2 amide bonds. The van der Waals surface area contributed by atoms with Gasteiger partial charge >= 0.3 is 6.03 Å². The lowest BCUT2D eigenvalue weighted by molar-refractivity contribution is 0.208. The largest absolute Gasteiger partial charge is 0.378 e. The molecule has 1 N–H and O–H groups in total.